The molecule has 1 aromatic heterocycles. The van der Waals surface area contributed by atoms with Crippen molar-refractivity contribution in [3.05, 3.63) is 53.1 Å². The number of nitrogens with zero attached hydrogens (tertiary/aromatic N) is 3. The Balaban J connectivity index is 1.80. The third-order valence-corrected chi connectivity index (χ3v) is 7.04. The standard InChI is InChI=1S/C19H21F3N6O3S/c1-28(18(23)24)32(30,31)10-12-4-2-3-11-5-6-13(7-14(11)12)27-17(29)15-8-26-16(9-25-15)19(20,21)22/h5-9,12H,2-4,10H2,1H3,(H3,23,24)(H,27,29). The molecule has 13 heteroatoms. The van der Waals surface area contributed by atoms with E-state index in [1.54, 1.807) is 18.2 Å². The molecular weight excluding hydrogens is 449 g/mol. The number of sulfonamides is 1. The van der Waals surface area contributed by atoms with Crippen LogP contribution in [0.25, 0.3) is 0 Å². The molecule has 1 atom stereocenters. The van der Waals surface area contributed by atoms with Gasteiger partial charge in [-0.1, -0.05) is 6.07 Å². The fourth-order valence-corrected chi connectivity index (χ4v) is 4.83. The molecule has 0 aliphatic heterocycles. The van der Waals surface area contributed by atoms with Crippen LogP contribution in [0.15, 0.2) is 30.6 Å². The molecule has 1 unspecified atom stereocenters. The average Bonchev–Trinajstić information content (AvgIpc) is 2.72. The number of nitrogens with one attached hydrogen (secondary N) is 2. The van der Waals surface area contributed by atoms with E-state index in [4.69, 9.17) is 11.1 Å². The normalized spacial score (nSPS) is 16.2. The van der Waals surface area contributed by atoms with Gasteiger partial charge in [-0.3, -0.25) is 10.2 Å². The van der Waals surface area contributed by atoms with Crippen LogP contribution in [-0.4, -0.2) is 47.4 Å². The maximum atomic E-state index is 12.6. The average molecular weight is 470 g/mol. The second kappa shape index (κ2) is 8.73. The highest BCUT2D eigenvalue weighted by molar-refractivity contribution is 7.89. The predicted octanol–water partition coefficient (Wildman–Crippen LogP) is 2.32. The number of fused-ring (bicyclic) bond motifs is 1. The van der Waals surface area contributed by atoms with E-state index in [0.717, 1.165) is 34.5 Å². The minimum atomic E-state index is -4.66. The molecule has 1 aliphatic carbocycles. The Morgan fingerprint density at radius 3 is 2.62 bits per heavy atom. The first-order valence-electron chi connectivity index (χ1n) is 9.52. The Kier molecular flexibility index (Phi) is 6.39. The van der Waals surface area contributed by atoms with Crippen molar-refractivity contribution < 1.29 is 26.4 Å². The quantitative estimate of drug-likeness (QED) is 0.452. The minimum Gasteiger partial charge on any atom is -0.369 e. The van der Waals surface area contributed by atoms with Crippen LogP contribution in [0.4, 0.5) is 18.9 Å². The van der Waals surface area contributed by atoms with Gasteiger partial charge in [0.05, 0.1) is 18.1 Å². The van der Waals surface area contributed by atoms with Gasteiger partial charge in [0, 0.05) is 12.7 Å². The number of carbonyl (C=O) groups excluding carboxylic acids is 1. The first kappa shape index (κ1) is 23.4. The number of halogens is 3. The second-order valence-corrected chi connectivity index (χ2v) is 9.42. The lowest BCUT2D eigenvalue weighted by atomic mass is 9.83. The Hall–Kier alpha value is -3.22. The zero-order valence-corrected chi connectivity index (χ0v) is 17.8. The molecule has 1 aromatic carbocycles. The molecule has 0 saturated heterocycles. The van der Waals surface area contributed by atoms with Gasteiger partial charge >= 0.3 is 6.18 Å². The van der Waals surface area contributed by atoms with E-state index in [9.17, 15) is 26.4 Å². The first-order chi connectivity index (χ1) is 14.9. The molecule has 0 spiro atoms. The van der Waals surface area contributed by atoms with Crippen molar-refractivity contribution in [2.24, 2.45) is 5.73 Å². The molecule has 172 valence electrons. The number of rotatable bonds is 5. The Bertz CT molecular complexity index is 1140. The SMILES string of the molecule is CN(C(=N)N)S(=O)(=O)CC1CCCc2ccc(NC(=O)c3cnc(C(F)(F)F)cn3)cc21. The summed E-state index contributed by atoms with van der Waals surface area (Å²) in [7, 11) is -2.60. The number of aryl methyl sites for hydroxylation is 1. The second-order valence-electron chi connectivity index (χ2n) is 7.37. The number of benzene rings is 1. The highest BCUT2D eigenvalue weighted by Crippen LogP contribution is 2.35. The zero-order chi connectivity index (χ0) is 23.7. The van der Waals surface area contributed by atoms with Gasteiger partial charge in [-0.15, -0.1) is 0 Å². The summed E-state index contributed by atoms with van der Waals surface area (Å²) in [6.45, 7) is 0. The molecule has 0 bridgehead atoms. The van der Waals surface area contributed by atoms with Crippen molar-refractivity contribution in [2.75, 3.05) is 18.1 Å². The van der Waals surface area contributed by atoms with E-state index in [-0.39, 0.29) is 17.4 Å². The fraction of sp³-hybridized carbons (Fsp3) is 0.368. The van der Waals surface area contributed by atoms with Gasteiger partial charge in [0.25, 0.3) is 5.91 Å². The lowest BCUT2D eigenvalue weighted by molar-refractivity contribution is -0.141. The molecule has 0 radical (unpaired) electrons. The summed E-state index contributed by atoms with van der Waals surface area (Å²) in [4.78, 5) is 19.1. The lowest BCUT2D eigenvalue weighted by Crippen LogP contribution is -2.40. The maximum Gasteiger partial charge on any atom is 0.434 e. The molecule has 3 rings (SSSR count). The first-order valence-corrected chi connectivity index (χ1v) is 11.1. The number of amides is 1. The largest absolute Gasteiger partial charge is 0.434 e. The molecule has 1 aliphatic rings. The number of nitrogens with two attached hydrogens (primary N) is 1. The summed E-state index contributed by atoms with van der Waals surface area (Å²) in [5, 5.41) is 9.92. The van der Waals surface area contributed by atoms with Crippen LogP contribution in [-0.2, 0) is 22.6 Å². The van der Waals surface area contributed by atoms with Gasteiger partial charge in [0.15, 0.2) is 5.69 Å². The monoisotopic (exact) mass is 470 g/mol. The molecule has 32 heavy (non-hydrogen) atoms. The number of hydrogen-bond donors (Lipinski definition) is 3. The molecule has 1 heterocycles. The molecule has 2 aromatic rings. The highest BCUT2D eigenvalue weighted by atomic mass is 32.2. The van der Waals surface area contributed by atoms with Crippen LogP contribution in [0.3, 0.4) is 0 Å². The van der Waals surface area contributed by atoms with E-state index in [0.29, 0.717) is 18.3 Å². The highest BCUT2D eigenvalue weighted by Gasteiger charge is 2.33. The van der Waals surface area contributed by atoms with E-state index in [2.05, 4.69) is 15.3 Å². The molecule has 9 nitrogen and oxygen atoms in total. The maximum absolute atomic E-state index is 12.6. The van der Waals surface area contributed by atoms with Crippen molar-refractivity contribution in [1.29, 1.82) is 5.41 Å². The fourth-order valence-electron chi connectivity index (χ4n) is 3.45. The van der Waals surface area contributed by atoms with Crippen LogP contribution in [0, 0.1) is 5.41 Å². The van der Waals surface area contributed by atoms with Crippen LogP contribution in [0.5, 0.6) is 0 Å². The predicted molar refractivity (Wildman–Crippen MR) is 111 cm³/mol. The zero-order valence-electron chi connectivity index (χ0n) is 17.0. The number of hydrogen-bond acceptors (Lipinski definition) is 6. The Morgan fingerprint density at radius 2 is 2.03 bits per heavy atom. The number of carbonyl (C=O) groups is 1. The van der Waals surface area contributed by atoms with Crippen LogP contribution in [0.2, 0.25) is 0 Å². The third kappa shape index (κ3) is 5.15. The molecule has 0 saturated carbocycles. The van der Waals surface area contributed by atoms with E-state index >= 15 is 0 Å². The smallest absolute Gasteiger partial charge is 0.369 e. The summed E-state index contributed by atoms with van der Waals surface area (Å²) >= 11 is 0. The molecular formula is C19H21F3N6O3S. The van der Waals surface area contributed by atoms with Crippen molar-refractivity contribution in [1.82, 2.24) is 14.3 Å². The van der Waals surface area contributed by atoms with Crippen molar-refractivity contribution in [3.8, 4) is 0 Å². The van der Waals surface area contributed by atoms with Crippen molar-refractivity contribution in [2.45, 2.75) is 31.4 Å². The topological polar surface area (TPSA) is 142 Å². The van der Waals surface area contributed by atoms with E-state index in [1.165, 1.54) is 7.05 Å². The summed E-state index contributed by atoms with van der Waals surface area (Å²) in [5.41, 5.74) is 5.83. The summed E-state index contributed by atoms with van der Waals surface area (Å²) < 4.78 is 63.6. The van der Waals surface area contributed by atoms with Gasteiger partial charge in [0.2, 0.25) is 16.0 Å². The molecule has 0 fully saturated rings. The molecule has 1 amide bonds. The Labute approximate surface area is 182 Å². The third-order valence-electron chi connectivity index (χ3n) is 5.19. The van der Waals surface area contributed by atoms with E-state index in [1.807, 2.05) is 0 Å². The van der Waals surface area contributed by atoms with Crippen molar-refractivity contribution >= 4 is 27.6 Å². The van der Waals surface area contributed by atoms with Gasteiger partial charge < -0.3 is 11.1 Å². The number of alkyl halides is 3. The minimum absolute atomic E-state index is 0.252. The van der Waals surface area contributed by atoms with Gasteiger partial charge in [-0.05, 0) is 48.4 Å². The van der Waals surface area contributed by atoms with Crippen LogP contribution >= 0.6 is 0 Å². The van der Waals surface area contributed by atoms with E-state index < -0.39 is 33.8 Å². The lowest BCUT2D eigenvalue weighted by Gasteiger charge is -2.28. The van der Waals surface area contributed by atoms with Crippen LogP contribution in [0.1, 0.15) is 46.1 Å². The van der Waals surface area contributed by atoms with Crippen LogP contribution < -0.4 is 11.1 Å². The van der Waals surface area contributed by atoms with Gasteiger partial charge in [-0.25, -0.2) is 22.7 Å². The van der Waals surface area contributed by atoms with Gasteiger partial charge in [-0.2, -0.15) is 13.2 Å². The summed E-state index contributed by atoms with van der Waals surface area (Å²) in [5.74, 6) is -1.95. The summed E-state index contributed by atoms with van der Waals surface area (Å²) in [6, 6.07) is 5.06. The van der Waals surface area contributed by atoms with Crippen molar-refractivity contribution in [3.63, 3.8) is 0 Å². The van der Waals surface area contributed by atoms with Gasteiger partial charge in [0.1, 0.15) is 5.69 Å². The number of anilines is 1. The summed E-state index contributed by atoms with van der Waals surface area (Å²) in [6.07, 6.45) is -1.32. The Morgan fingerprint density at radius 1 is 1.31 bits per heavy atom. The number of aromatic nitrogens is 2. The molecule has 4 N–H and O–H groups in total. The number of guanidine groups is 1.